The summed E-state index contributed by atoms with van der Waals surface area (Å²) >= 11 is 0. The number of aromatic amines is 1. The van der Waals surface area contributed by atoms with E-state index in [2.05, 4.69) is 27.8 Å². The van der Waals surface area contributed by atoms with Gasteiger partial charge in [-0.05, 0) is 19.8 Å². The van der Waals surface area contributed by atoms with E-state index in [0.29, 0.717) is 25.5 Å². The van der Waals surface area contributed by atoms with Gasteiger partial charge in [-0.1, -0.05) is 14.9 Å². The Balaban J connectivity index is 2.84. The molecule has 2 heterocycles. The van der Waals surface area contributed by atoms with Crippen LogP contribution < -0.4 is 16.6 Å². The topological polar surface area (TPSA) is 67.8 Å². The molecule has 5 nitrogen and oxygen atoms in total. The van der Waals surface area contributed by atoms with Gasteiger partial charge in [-0.3, -0.25) is 14.3 Å². The van der Waals surface area contributed by atoms with Crippen LogP contribution >= 0.6 is 33.1 Å². The Labute approximate surface area is 117 Å². The lowest BCUT2D eigenvalue weighted by Crippen LogP contribution is -2.36. The molecule has 4 atom stereocenters. The standard InChI is InChI=1S/C10H15N3O2P4/c1-2-5-13-9(14)7-6(19(17)18-16)3-4-11-8(7)12-10(13)15/h3-4,18H,2,5,16-17H2,1H3,(H,11,12,15). The maximum atomic E-state index is 12.5. The number of H-pyrrole nitrogens is 1. The Bertz CT molecular complexity index is 712. The van der Waals surface area contributed by atoms with Crippen molar-refractivity contribution in [1.82, 2.24) is 14.5 Å². The van der Waals surface area contributed by atoms with Crippen LogP contribution in [0, 0.1) is 0 Å². The molecule has 0 amide bonds. The first-order valence-electron chi connectivity index (χ1n) is 5.73. The highest BCUT2D eigenvalue weighted by Gasteiger charge is 2.15. The average molecular weight is 333 g/mol. The van der Waals surface area contributed by atoms with Gasteiger partial charge in [-0.25, -0.2) is 9.78 Å². The largest absolute Gasteiger partial charge is 0.329 e. The number of hydrogen-bond acceptors (Lipinski definition) is 3. The van der Waals surface area contributed by atoms with Crippen molar-refractivity contribution in [1.29, 1.82) is 0 Å². The highest BCUT2D eigenvalue weighted by molar-refractivity contribution is 8.63. The molecule has 4 unspecified atom stereocenters. The predicted molar refractivity (Wildman–Crippen MR) is 91.2 cm³/mol. The van der Waals surface area contributed by atoms with Crippen molar-refractivity contribution < 1.29 is 0 Å². The Hall–Kier alpha value is -0.190. The van der Waals surface area contributed by atoms with Crippen LogP contribution in [0.15, 0.2) is 21.9 Å². The summed E-state index contributed by atoms with van der Waals surface area (Å²) in [5.41, 5.74) is -0.231. The van der Waals surface area contributed by atoms with Crippen LogP contribution in [0.2, 0.25) is 0 Å². The van der Waals surface area contributed by atoms with Crippen molar-refractivity contribution in [2.75, 3.05) is 0 Å². The van der Waals surface area contributed by atoms with Gasteiger partial charge in [0, 0.05) is 18.0 Å². The minimum atomic E-state index is -0.489. The first kappa shape index (κ1) is 15.2. The zero-order valence-electron chi connectivity index (χ0n) is 10.4. The second kappa shape index (κ2) is 6.51. The molecule has 0 bridgehead atoms. The van der Waals surface area contributed by atoms with Crippen LogP contribution in [-0.4, -0.2) is 14.5 Å². The summed E-state index contributed by atoms with van der Waals surface area (Å²) in [6.07, 6.45) is 2.38. The summed E-state index contributed by atoms with van der Waals surface area (Å²) < 4.78 is 1.26. The molecule has 0 spiro atoms. The smallest absolute Gasteiger partial charge is 0.291 e. The first-order valence-corrected chi connectivity index (χ1v) is 12.3. The van der Waals surface area contributed by atoms with Gasteiger partial charge < -0.3 is 0 Å². The fourth-order valence-corrected chi connectivity index (χ4v) is 5.53. The fourth-order valence-electron chi connectivity index (χ4n) is 1.85. The lowest BCUT2D eigenvalue weighted by Gasteiger charge is -2.12. The number of rotatable bonds is 4. The summed E-state index contributed by atoms with van der Waals surface area (Å²) in [5.74, 6) is 0. The number of nitrogens with zero attached hydrogens (tertiary/aromatic N) is 2. The van der Waals surface area contributed by atoms with Gasteiger partial charge in [0.1, 0.15) is 5.65 Å². The number of nitrogens with one attached hydrogen (secondary N) is 1. The molecule has 1 N–H and O–H groups in total. The van der Waals surface area contributed by atoms with Gasteiger partial charge >= 0.3 is 5.69 Å². The third kappa shape index (κ3) is 2.96. The maximum Gasteiger partial charge on any atom is 0.329 e. The second-order valence-electron chi connectivity index (χ2n) is 3.94. The third-order valence-corrected chi connectivity index (χ3v) is 12.8. The molecular weight excluding hydrogens is 318 g/mol. The molecule has 102 valence electrons. The third-order valence-electron chi connectivity index (χ3n) is 2.70. The highest BCUT2D eigenvalue weighted by atomic mass is 32.6. The van der Waals surface area contributed by atoms with Crippen molar-refractivity contribution in [2.45, 2.75) is 19.9 Å². The maximum absolute atomic E-state index is 12.5. The number of hydrogen-bond donors (Lipinski definition) is 1. The normalized spacial score (nSPS) is 13.4. The Morgan fingerprint density at radius 3 is 2.89 bits per heavy atom. The highest BCUT2D eigenvalue weighted by Crippen LogP contribution is 2.65. The van der Waals surface area contributed by atoms with Crippen molar-refractivity contribution in [2.24, 2.45) is 0 Å². The molecule has 0 saturated carbocycles. The van der Waals surface area contributed by atoms with E-state index >= 15 is 0 Å². The molecule has 0 aliphatic carbocycles. The Morgan fingerprint density at radius 2 is 2.26 bits per heavy atom. The predicted octanol–water partition coefficient (Wildman–Crippen LogP) is 1.78. The summed E-state index contributed by atoms with van der Waals surface area (Å²) in [6.45, 7) is 2.36. The van der Waals surface area contributed by atoms with Gasteiger partial charge in [0.05, 0.1) is 5.39 Å². The van der Waals surface area contributed by atoms with E-state index in [9.17, 15) is 9.59 Å². The molecule has 0 radical (unpaired) electrons. The fraction of sp³-hybridized carbons (Fsp3) is 0.300. The molecule has 0 aliphatic rings. The van der Waals surface area contributed by atoms with Crippen molar-refractivity contribution in [3.63, 3.8) is 0 Å². The monoisotopic (exact) mass is 333 g/mol. The van der Waals surface area contributed by atoms with E-state index < -0.39 is 7.30 Å². The Morgan fingerprint density at radius 1 is 1.53 bits per heavy atom. The van der Waals surface area contributed by atoms with Crippen molar-refractivity contribution in [3.05, 3.63) is 33.1 Å². The SMILES string of the molecule is CCCn1c(=O)[nH]c2nccc(P(P)PP)c2c1=O. The molecule has 2 aromatic heterocycles. The Kier molecular flexibility index (Phi) is 5.21. The van der Waals surface area contributed by atoms with Crippen LogP contribution in [0.5, 0.6) is 0 Å². The molecule has 19 heavy (non-hydrogen) atoms. The molecule has 0 fully saturated rings. The minimum Gasteiger partial charge on any atom is -0.291 e. The quantitative estimate of drug-likeness (QED) is 0.868. The van der Waals surface area contributed by atoms with E-state index in [1.54, 1.807) is 6.20 Å². The van der Waals surface area contributed by atoms with Crippen LogP contribution in [0.1, 0.15) is 13.3 Å². The molecule has 2 rings (SSSR count). The minimum absolute atomic E-state index is 0.234. The van der Waals surface area contributed by atoms with Gasteiger partial charge in [0.2, 0.25) is 0 Å². The van der Waals surface area contributed by atoms with E-state index in [1.165, 1.54) is 4.57 Å². The molecule has 2 aromatic rings. The summed E-state index contributed by atoms with van der Waals surface area (Å²) in [7, 11) is 5.65. The molecule has 9 heteroatoms. The summed E-state index contributed by atoms with van der Waals surface area (Å²) in [4.78, 5) is 31.1. The number of aromatic nitrogens is 3. The van der Waals surface area contributed by atoms with Crippen molar-refractivity contribution >= 4 is 49.5 Å². The van der Waals surface area contributed by atoms with E-state index in [4.69, 9.17) is 0 Å². The molecular formula is C10H15N3O2P4. The molecule has 0 aromatic carbocycles. The average Bonchev–Trinajstić information content (AvgIpc) is 2.41. The lowest BCUT2D eigenvalue weighted by atomic mass is 10.3. The molecule has 0 saturated heterocycles. The van der Waals surface area contributed by atoms with Crippen molar-refractivity contribution in [3.8, 4) is 0 Å². The van der Waals surface area contributed by atoms with Crippen LogP contribution in [0.4, 0.5) is 0 Å². The van der Waals surface area contributed by atoms with Gasteiger partial charge in [-0.2, -0.15) is 0 Å². The van der Waals surface area contributed by atoms with Gasteiger partial charge in [-0.15, -0.1) is 17.9 Å². The summed E-state index contributed by atoms with van der Waals surface area (Å²) in [5, 5.41) is 1.52. The first-order chi connectivity index (χ1) is 9.10. The summed E-state index contributed by atoms with van der Waals surface area (Å²) in [6, 6.07) is 1.87. The van der Waals surface area contributed by atoms with E-state index in [-0.39, 0.29) is 11.2 Å². The zero-order valence-corrected chi connectivity index (χ0v) is 14.6. The second-order valence-corrected chi connectivity index (χ2v) is 13.1. The van der Waals surface area contributed by atoms with E-state index in [1.807, 2.05) is 13.0 Å². The van der Waals surface area contributed by atoms with Crippen LogP contribution in [0.25, 0.3) is 11.0 Å². The number of fused-ring (bicyclic) bond motifs is 1. The van der Waals surface area contributed by atoms with Gasteiger partial charge in [0.25, 0.3) is 5.56 Å². The lowest BCUT2D eigenvalue weighted by molar-refractivity contribution is 0.622. The van der Waals surface area contributed by atoms with Crippen LogP contribution in [0.3, 0.4) is 0 Å². The number of pyridine rings is 1. The zero-order chi connectivity index (χ0) is 14.0. The molecule has 0 aliphatic heterocycles. The van der Waals surface area contributed by atoms with Crippen LogP contribution in [-0.2, 0) is 6.54 Å². The van der Waals surface area contributed by atoms with Gasteiger partial charge in [0.15, 0.2) is 0 Å². The van der Waals surface area contributed by atoms with E-state index in [0.717, 1.165) is 11.7 Å².